The number of hydrogen-bond acceptors (Lipinski definition) is 9. The molecule has 2 atom stereocenters. The van der Waals surface area contributed by atoms with Gasteiger partial charge in [0.2, 0.25) is 6.35 Å². The maximum atomic E-state index is 10.2. The highest BCUT2D eigenvalue weighted by molar-refractivity contribution is 6.37. The number of aliphatic hydroxyl groups is 2. The van der Waals surface area contributed by atoms with E-state index in [1.54, 1.807) is 24.5 Å². The Morgan fingerprint density at radius 1 is 1.06 bits per heavy atom. The molecule has 0 spiro atoms. The van der Waals surface area contributed by atoms with Gasteiger partial charge in [-0.25, -0.2) is 15.3 Å². The summed E-state index contributed by atoms with van der Waals surface area (Å²) < 4.78 is 6.02. The van der Waals surface area contributed by atoms with Gasteiger partial charge in [0, 0.05) is 23.3 Å². The summed E-state index contributed by atoms with van der Waals surface area (Å²) in [6.45, 7) is 2.00. The predicted molar refractivity (Wildman–Crippen MR) is 137 cm³/mol. The SMILES string of the molecule is Cc1cc(-c2ccncc2)nc2ccc(Oc3c(Cl)cc(N4N=C(C#N)C(O)NC4O)cc3Cl)cc12. The lowest BCUT2D eigenvalue weighted by Crippen LogP contribution is -2.55. The minimum Gasteiger partial charge on any atom is -0.454 e. The molecule has 11 heteroatoms. The van der Waals surface area contributed by atoms with Crippen molar-refractivity contribution in [2.75, 3.05) is 5.01 Å². The lowest BCUT2D eigenvalue weighted by molar-refractivity contribution is 0.0631. The molecule has 0 saturated carbocycles. The van der Waals surface area contributed by atoms with Crippen LogP contribution >= 0.6 is 23.2 Å². The van der Waals surface area contributed by atoms with Crippen molar-refractivity contribution in [3.63, 3.8) is 0 Å². The molecule has 1 aliphatic rings. The molecule has 3 heterocycles. The number of nitriles is 1. The number of ether oxygens (including phenoxy) is 1. The van der Waals surface area contributed by atoms with Crippen molar-refractivity contribution in [3.8, 4) is 28.8 Å². The average Bonchev–Trinajstić information content (AvgIpc) is 2.87. The standard InChI is InChI=1S/C25H18Cl2N6O3/c1-13-8-21(14-4-6-29-7-5-14)30-20-3-2-16(11-17(13)20)36-23-18(26)9-15(10-19(23)27)33-25(35)31-24(34)22(12-28)32-33/h2-11,24-25,31,34-35H,1H3. The van der Waals surface area contributed by atoms with Gasteiger partial charge in [0.05, 0.1) is 26.9 Å². The van der Waals surface area contributed by atoms with Gasteiger partial charge in [-0.05, 0) is 61.0 Å². The molecule has 5 rings (SSSR count). The summed E-state index contributed by atoms with van der Waals surface area (Å²) in [5.41, 5.74) is 3.72. The maximum Gasteiger partial charge on any atom is 0.206 e. The second-order valence-corrected chi connectivity index (χ2v) is 8.78. The van der Waals surface area contributed by atoms with Crippen LogP contribution in [0, 0.1) is 18.3 Å². The Kier molecular flexibility index (Phi) is 6.45. The van der Waals surface area contributed by atoms with Crippen molar-refractivity contribution in [3.05, 3.63) is 76.5 Å². The van der Waals surface area contributed by atoms with E-state index in [9.17, 15) is 10.2 Å². The zero-order valence-corrected chi connectivity index (χ0v) is 20.2. The Bertz CT molecular complexity index is 1520. The third-order valence-electron chi connectivity index (χ3n) is 5.56. The van der Waals surface area contributed by atoms with Gasteiger partial charge in [-0.3, -0.25) is 4.98 Å². The van der Waals surface area contributed by atoms with Gasteiger partial charge in [0.15, 0.2) is 17.7 Å². The summed E-state index contributed by atoms with van der Waals surface area (Å²) in [5.74, 6) is 0.720. The van der Waals surface area contributed by atoms with Crippen LogP contribution in [0.1, 0.15) is 5.56 Å². The van der Waals surface area contributed by atoms with Crippen molar-refractivity contribution < 1.29 is 14.9 Å². The average molecular weight is 521 g/mol. The molecule has 36 heavy (non-hydrogen) atoms. The Hall–Kier alpha value is -3.78. The summed E-state index contributed by atoms with van der Waals surface area (Å²) in [7, 11) is 0. The third kappa shape index (κ3) is 4.56. The second kappa shape index (κ2) is 9.70. The molecule has 0 saturated heterocycles. The van der Waals surface area contributed by atoms with Crippen molar-refractivity contribution in [2.24, 2.45) is 5.10 Å². The van der Waals surface area contributed by atoms with Crippen LogP contribution in [-0.2, 0) is 0 Å². The van der Waals surface area contributed by atoms with Crippen LogP contribution < -0.4 is 15.1 Å². The molecule has 4 aromatic rings. The number of aryl methyl sites for hydroxylation is 1. The van der Waals surface area contributed by atoms with Gasteiger partial charge in [0.1, 0.15) is 11.8 Å². The molecule has 0 radical (unpaired) electrons. The first-order valence-corrected chi connectivity index (χ1v) is 11.5. The summed E-state index contributed by atoms with van der Waals surface area (Å²) >= 11 is 12.9. The fraction of sp³-hybridized carbons (Fsp3) is 0.120. The first-order valence-electron chi connectivity index (χ1n) is 10.7. The molecule has 2 aromatic heterocycles. The molecule has 2 aromatic carbocycles. The monoisotopic (exact) mass is 520 g/mol. The minimum absolute atomic E-state index is 0.160. The Labute approximate surface area is 215 Å². The van der Waals surface area contributed by atoms with Crippen LogP contribution in [0.5, 0.6) is 11.5 Å². The minimum atomic E-state index is -1.40. The van der Waals surface area contributed by atoms with Crippen LogP contribution in [0.4, 0.5) is 5.69 Å². The van der Waals surface area contributed by atoms with Gasteiger partial charge in [-0.15, -0.1) is 0 Å². The van der Waals surface area contributed by atoms with Gasteiger partial charge in [0.25, 0.3) is 0 Å². The van der Waals surface area contributed by atoms with Crippen LogP contribution in [0.25, 0.3) is 22.2 Å². The van der Waals surface area contributed by atoms with Crippen LogP contribution in [0.15, 0.2) is 66.0 Å². The second-order valence-electron chi connectivity index (χ2n) is 7.96. The van der Waals surface area contributed by atoms with Crippen molar-refractivity contribution in [2.45, 2.75) is 19.5 Å². The molecular formula is C25H18Cl2N6O3. The molecule has 0 aliphatic carbocycles. The predicted octanol–water partition coefficient (Wildman–Crippen LogP) is 4.59. The summed E-state index contributed by atoms with van der Waals surface area (Å²) in [5, 5.41) is 37.8. The number of benzene rings is 2. The molecule has 2 unspecified atom stereocenters. The highest BCUT2D eigenvalue weighted by atomic mass is 35.5. The smallest absolute Gasteiger partial charge is 0.206 e. The van der Waals surface area contributed by atoms with Crippen molar-refractivity contribution in [1.82, 2.24) is 15.3 Å². The molecule has 0 amide bonds. The topological polar surface area (TPSA) is 127 Å². The van der Waals surface area contributed by atoms with E-state index in [0.717, 1.165) is 32.7 Å². The van der Waals surface area contributed by atoms with Gasteiger partial charge < -0.3 is 14.9 Å². The molecule has 0 bridgehead atoms. The number of rotatable bonds is 4. The van der Waals surface area contributed by atoms with Crippen molar-refractivity contribution in [1.29, 1.82) is 5.26 Å². The number of nitrogens with one attached hydrogen (secondary N) is 1. The fourth-order valence-electron chi connectivity index (χ4n) is 3.80. The largest absolute Gasteiger partial charge is 0.454 e. The maximum absolute atomic E-state index is 10.2. The van der Waals surface area contributed by atoms with E-state index in [-0.39, 0.29) is 21.5 Å². The van der Waals surface area contributed by atoms with E-state index in [1.165, 1.54) is 12.1 Å². The van der Waals surface area contributed by atoms with E-state index >= 15 is 0 Å². The van der Waals surface area contributed by atoms with Crippen LogP contribution in [-0.4, -0.2) is 38.5 Å². The fourth-order valence-corrected chi connectivity index (χ4v) is 4.35. The molecule has 0 fully saturated rings. The van der Waals surface area contributed by atoms with Crippen LogP contribution in [0.2, 0.25) is 10.0 Å². The van der Waals surface area contributed by atoms with Crippen molar-refractivity contribution >= 4 is 45.5 Å². The first-order chi connectivity index (χ1) is 17.3. The number of pyridine rings is 2. The zero-order chi connectivity index (χ0) is 25.4. The van der Waals surface area contributed by atoms with E-state index in [2.05, 4.69) is 15.4 Å². The highest BCUT2D eigenvalue weighted by Crippen LogP contribution is 2.41. The first kappa shape index (κ1) is 23.9. The third-order valence-corrected chi connectivity index (χ3v) is 6.12. The van der Waals surface area contributed by atoms with Gasteiger partial charge >= 0.3 is 0 Å². The number of anilines is 1. The number of nitrogens with zero attached hydrogens (tertiary/aromatic N) is 5. The number of hydrogen-bond donors (Lipinski definition) is 3. The van der Waals surface area contributed by atoms with E-state index in [0.29, 0.717) is 11.4 Å². The molecular weight excluding hydrogens is 503 g/mol. The molecule has 3 N–H and O–H groups in total. The number of aliphatic hydroxyl groups excluding tert-OH is 2. The Morgan fingerprint density at radius 3 is 2.47 bits per heavy atom. The molecule has 9 nitrogen and oxygen atoms in total. The van der Waals surface area contributed by atoms with E-state index < -0.39 is 12.6 Å². The van der Waals surface area contributed by atoms with E-state index in [1.807, 2.05) is 37.3 Å². The zero-order valence-electron chi connectivity index (χ0n) is 18.7. The lowest BCUT2D eigenvalue weighted by Gasteiger charge is -2.32. The molecule has 180 valence electrons. The highest BCUT2D eigenvalue weighted by Gasteiger charge is 2.29. The summed E-state index contributed by atoms with van der Waals surface area (Å²) in [6, 6.07) is 16.0. The molecule has 1 aliphatic heterocycles. The van der Waals surface area contributed by atoms with Gasteiger partial charge in [-0.1, -0.05) is 23.2 Å². The quantitative estimate of drug-likeness (QED) is 0.356. The Morgan fingerprint density at radius 2 is 1.78 bits per heavy atom. The lowest BCUT2D eigenvalue weighted by atomic mass is 10.1. The number of halogens is 2. The Balaban J connectivity index is 1.45. The summed E-state index contributed by atoms with van der Waals surface area (Å²) in [6.07, 6.45) is 0.671. The normalized spacial score (nSPS) is 17.6. The summed E-state index contributed by atoms with van der Waals surface area (Å²) in [4.78, 5) is 8.81. The van der Waals surface area contributed by atoms with Gasteiger partial charge in [-0.2, -0.15) is 10.4 Å². The van der Waals surface area contributed by atoms with E-state index in [4.69, 9.17) is 38.2 Å². The number of fused-ring (bicyclic) bond motifs is 1. The number of aromatic nitrogens is 2. The van der Waals surface area contributed by atoms with Crippen LogP contribution in [0.3, 0.4) is 0 Å². The number of hydrazone groups is 1.